The van der Waals surface area contributed by atoms with Gasteiger partial charge in [-0.05, 0) is 0 Å². The second kappa shape index (κ2) is 63.4. The molecule has 0 atom stereocenters. The van der Waals surface area contributed by atoms with Crippen LogP contribution >= 0.6 is 0 Å². The molecule has 0 aliphatic rings. The average Bonchev–Trinajstić information content (AvgIpc) is 2.03. The summed E-state index contributed by atoms with van der Waals surface area (Å²) >= 11 is -7.52. The van der Waals surface area contributed by atoms with E-state index in [4.69, 9.17) is 44.1 Å². The van der Waals surface area contributed by atoms with Gasteiger partial charge in [0.05, 0.1) is 10.2 Å². The molecule has 0 N–H and O–H groups in total. The molecular formula is N2O14U3. The fourth-order valence-electron chi connectivity index (χ4n) is 0. The maximum atomic E-state index is 8.58. The van der Waals surface area contributed by atoms with Crippen molar-refractivity contribution in [3.8, 4) is 0 Å². The van der Waals surface area contributed by atoms with Gasteiger partial charge in [0.15, 0.2) is 0 Å². The van der Waals surface area contributed by atoms with Crippen LogP contribution in [0.2, 0.25) is 0 Å². The molecule has 0 bridgehead atoms. The third kappa shape index (κ3) is 63600. The molecule has 0 aliphatic heterocycles. The van der Waals surface area contributed by atoms with Crippen molar-refractivity contribution in [1.29, 1.82) is 0 Å². The van der Waals surface area contributed by atoms with E-state index in [0.29, 0.717) is 0 Å². The summed E-state index contributed by atoms with van der Waals surface area (Å²) in [5.74, 6) is 0. The molecule has 0 unspecified atom stereocenters. The fourth-order valence-corrected chi connectivity index (χ4v) is 0. The van der Waals surface area contributed by atoms with E-state index in [9.17, 15) is 0 Å². The molecular weight excluding hydrogens is 966 g/mol. The van der Waals surface area contributed by atoms with E-state index in [1.165, 1.54) is 0 Å². The molecule has 19 heteroatoms. The van der Waals surface area contributed by atoms with Gasteiger partial charge in [0, 0.05) is 0 Å². The number of rotatable bonds is 0. The van der Waals surface area contributed by atoms with Crippen LogP contribution in [0.15, 0.2) is 0 Å². The normalized spacial score (nSPS) is 3.79. The molecule has 0 spiro atoms. The third-order valence-corrected chi connectivity index (χ3v) is 0. The molecule has 16 nitrogen and oxygen atoms in total. The predicted octanol–water partition coefficient (Wildman–Crippen LogP) is -1.43. The molecule has 0 fully saturated rings. The van der Waals surface area contributed by atoms with Crippen molar-refractivity contribution < 1.29 is 118 Å². The molecule has 0 aromatic rings. The quantitative estimate of drug-likeness (QED) is 0.200. The first kappa shape index (κ1) is 42.7. The number of hydrogen-bond acceptors (Lipinski definition) is 12. The van der Waals surface area contributed by atoms with E-state index in [2.05, 4.69) is 0 Å². The first-order chi connectivity index (χ1) is 7.71. The SMILES string of the molecule is O=[N+]([O-])[O-].O=[N+]([O-])[O-].[O-2].[O-2].[O]=[U+2]=[O].[O]=[U+2]=[O].[O]=[U+2]=[O]. The summed E-state index contributed by atoms with van der Waals surface area (Å²) in [5, 5.41) is 29.5. The zero-order valence-electron chi connectivity index (χ0n) is 8.11. The van der Waals surface area contributed by atoms with Crippen LogP contribution < -0.4 is 0 Å². The van der Waals surface area contributed by atoms with Crippen LogP contribution in [0, 0.1) is 114 Å². The van der Waals surface area contributed by atoms with Gasteiger partial charge in [-0.2, -0.15) is 0 Å². The van der Waals surface area contributed by atoms with Crippen molar-refractivity contribution in [1.82, 2.24) is 0 Å². The first-order valence-corrected chi connectivity index (χ1v) is 12.5. The van der Waals surface area contributed by atoms with Gasteiger partial charge in [-0.3, -0.25) is 0 Å². The predicted molar refractivity (Wildman–Crippen MR) is 26.2 cm³/mol. The second-order valence-corrected chi connectivity index (χ2v) is 2.78. The van der Waals surface area contributed by atoms with Crippen molar-refractivity contribution in [3.05, 3.63) is 30.6 Å². The third-order valence-electron chi connectivity index (χ3n) is 0. The number of hydrogen-bond donors (Lipinski definition) is 0. The van der Waals surface area contributed by atoms with E-state index < -0.39 is 93.6 Å². The van der Waals surface area contributed by atoms with Gasteiger partial charge in [-0.15, -0.1) is 0 Å². The van der Waals surface area contributed by atoms with Crippen LogP contribution in [0.5, 0.6) is 0 Å². The molecule has 0 radical (unpaired) electrons. The Morgan fingerprint density at radius 1 is 0.526 bits per heavy atom. The van der Waals surface area contributed by atoms with Gasteiger partial charge >= 0.3 is 96.9 Å². The van der Waals surface area contributed by atoms with Crippen LogP contribution in [0.4, 0.5) is 0 Å². The van der Waals surface area contributed by atoms with Crippen LogP contribution in [-0.2, 0) is 24.4 Å². The summed E-state index contributed by atoms with van der Waals surface area (Å²) in [4.78, 5) is 16.5. The van der Waals surface area contributed by atoms with Gasteiger partial charge in [-0.1, -0.05) is 0 Å². The molecule has 106 valence electrons. The zero-order valence-corrected chi connectivity index (χ0v) is 20.6. The van der Waals surface area contributed by atoms with E-state index >= 15 is 0 Å². The fraction of sp³-hybridized carbons (Fsp3) is 0. The van der Waals surface area contributed by atoms with Gasteiger partial charge < -0.3 is 41.6 Å². The Hall–Kier alpha value is 0.276. The molecule has 0 rings (SSSR count). The summed E-state index contributed by atoms with van der Waals surface area (Å²) < 4.78 is 51.5. The number of nitrogens with zero attached hydrogens (tertiary/aromatic N) is 2. The van der Waals surface area contributed by atoms with Crippen molar-refractivity contribution in [2.24, 2.45) is 0 Å². The Morgan fingerprint density at radius 3 is 0.526 bits per heavy atom. The van der Waals surface area contributed by atoms with E-state index in [-0.39, 0.29) is 11.0 Å². The Morgan fingerprint density at radius 2 is 0.526 bits per heavy atom. The van der Waals surface area contributed by atoms with E-state index in [0.717, 1.165) is 0 Å². The molecule has 0 aromatic carbocycles. The van der Waals surface area contributed by atoms with Crippen molar-refractivity contribution >= 4 is 0 Å². The van der Waals surface area contributed by atoms with Crippen LogP contribution in [-0.4, -0.2) is 10.2 Å². The minimum absolute atomic E-state index is 0. The monoisotopic (exact) mass is 966 g/mol. The topological polar surface area (TPSA) is 292 Å². The van der Waals surface area contributed by atoms with Crippen molar-refractivity contribution in [3.63, 3.8) is 0 Å². The summed E-state index contributed by atoms with van der Waals surface area (Å²) in [5.41, 5.74) is 0. The summed E-state index contributed by atoms with van der Waals surface area (Å²) in [6.07, 6.45) is 0. The van der Waals surface area contributed by atoms with Crippen LogP contribution in [0.1, 0.15) is 0 Å². The Labute approximate surface area is 146 Å². The molecule has 0 amide bonds. The van der Waals surface area contributed by atoms with Crippen LogP contribution in [0.25, 0.3) is 0 Å². The van der Waals surface area contributed by atoms with Gasteiger partial charge in [0.2, 0.25) is 0 Å². The molecule has 0 aromatic heterocycles. The van der Waals surface area contributed by atoms with E-state index in [1.54, 1.807) is 0 Å². The van der Waals surface area contributed by atoms with Crippen molar-refractivity contribution in [2.75, 3.05) is 0 Å². The van der Waals surface area contributed by atoms with E-state index in [1.807, 2.05) is 0 Å². The van der Waals surface area contributed by atoms with Gasteiger partial charge in [0.1, 0.15) is 0 Å². The summed E-state index contributed by atoms with van der Waals surface area (Å²) in [6.45, 7) is 0. The Balaban J connectivity index is -0.0000000186. The molecule has 19 heavy (non-hydrogen) atoms. The average molecular weight is 966 g/mol. The first-order valence-electron chi connectivity index (χ1n) is 2.32. The van der Waals surface area contributed by atoms with Gasteiger partial charge in [-0.25, -0.2) is 0 Å². The molecule has 0 saturated carbocycles. The summed E-state index contributed by atoms with van der Waals surface area (Å²) in [6, 6.07) is 0. The Bertz CT molecular complexity index is 229. The Kier molecular flexibility index (Phi) is 143. The zero-order chi connectivity index (χ0) is 15.3. The van der Waals surface area contributed by atoms with Crippen molar-refractivity contribution in [2.45, 2.75) is 0 Å². The summed E-state index contributed by atoms with van der Waals surface area (Å²) in [7, 11) is 0. The standard InChI is InChI=1S/2NO3.8O.3U/c2*2-1(3)4;;;;;;;;;;;/q2*-1;;;;;;;2*-2;3*+2. The minimum atomic E-state index is -2.51. The molecule has 0 saturated heterocycles. The molecule has 0 aliphatic carbocycles. The second-order valence-electron chi connectivity index (χ2n) is 0.697. The molecule has 0 heterocycles. The van der Waals surface area contributed by atoms with Crippen LogP contribution in [0.3, 0.4) is 0 Å². The van der Waals surface area contributed by atoms with Gasteiger partial charge in [0.25, 0.3) is 0 Å². The maximum absolute atomic E-state index is 8.58.